The number of rotatable bonds is 4. The molecule has 4 atom stereocenters. The van der Waals surface area contributed by atoms with Crippen molar-refractivity contribution in [2.75, 3.05) is 0 Å². The number of hydrogen-bond donors (Lipinski definition) is 2. The molecule has 2 fully saturated rings. The molecule has 3 rings (SSSR count). The first-order valence-corrected chi connectivity index (χ1v) is 6.35. The van der Waals surface area contributed by atoms with Crippen LogP contribution in [0.4, 0.5) is 4.39 Å². The van der Waals surface area contributed by atoms with Crippen LogP contribution in [0.3, 0.4) is 0 Å². The Morgan fingerprint density at radius 1 is 1.26 bits per heavy atom. The van der Waals surface area contributed by atoms with E-state index in [9.17, 15) is 14.0 Å². The molecule has 19 heavy (non-hydrogen) atoms. The minimum absolute atomic E-state index is 0.0179. The van der Waals surface area contributed by atoms with Crippen molar-refractivity contribution in [3.63, 3.8) is 0 Å². The molecule has 4 nitrogen and oxygen atoms in total. The molecule has 0 aliphatic heterocycles. The summed E-state index contributed by atoms with van der Waals surface area (Å²) in [5.41, 5.74) is 0.885. The van der Waals surface area contributed by atoms with E-state index < -0.39 is 11.9 Å². The molecule has 0 spiro atoms. The Morgan fingerprint density at radius 2 is 2.05 bits per heavy atom. The van der Waals surface area contributed by atoms with Gasteiger partial charge in [0.15, 0.2) is 0 Å². The number of amides is 1. The zero-order chi connectivity index (χ0) is 13.6. The zero-order valence-corrected chi connectivity index (χ0v) is 10.2. The van der Waals surface area contributed by atoms with Gasteiger partial charge in [-0.1, -0.05) is 12.1 Å². The van der Waals surface area contributed by atoms with Gasteiger partial charge in [-0.05, 0) is 30.5 Å². The molecule has 1 aromatic rings. The van der Waals surface area contributed by atoms with Gasteiger partial charge >= 0.3 is 5.97 Å². The molecule has 2 aliphatic carbocycles. The van der Waals surface area contributed by atoms with Crippen LogP contribution in [-0.4, -0.2) is 23.0 Å². The van der Waals surface area contributed by atoms with Gasteiger partial charge in [0.25, 0.3) is 0 Å². The number of carboxylic acids is 1. The van der Waals surface area contributed by atoms with Crippen LogP contribution in [-0.2, 0) is 9.59 Å². The number of carbonyl (C=O) groups is 2. The maximum atomic E-state index is 13.1. The Balaban J connectivity index is 1.54. The van der Waals surface area contributed by atoms with Crippen molar-refractivity contribution in [1.82, 2.24) is 5.32 Å². The average molecular weight is 263 g/mol. The van der Waals surface area contributed by atoms with Crippen molar-refractivity contribution in [3.8, 4) is 0 Å². The monoisotopic (exact) mass is 263 g/mol. The van der Waals surface area contributed by atoms with E-state index in [1.807, 2.05) is 6.07 Å². The van der Waals surface area contributed by atoms with Crippen LogP contribution in [0, 0.1) is 17.7 Å². The quantitative estimate of drug-likeness (QED) is 0.865. The van der Waals surface area contributed by atoms with Gasteiger partial charge in [0.1, 0.15) is 5.82 Å². The first-order valence-electron chi connectivity index (χ1n) is 6.35. The Bertz CT molecular complexity index is 545. The van der Waals surface area contributed by atoms with Crippen molar-refractivity contribution >= 4 is 11.9 Å². The summed E-state index contributed by atoms with van der Waals surface area (Å²) in [4.78, 5) is 22.4. The Labute approximate surface area is 109 Å². The molecule has 0 heterocycles. The van der Waals surface area contributed by atoms with E-state index in [1.165, 1.54) is 12.1 Å². The fourth-order valence-corrected chi connectivity index (χ4v) is 2.51. The van der Waals surface area contributed by atoms with Crippen LogP contribution < -0.4 is 5.32 Å². The fraction of sp³-hybridized carbons (Fsp3) is 0.429. The first-order chi connectivity index (χ1) is 9.06. The summed E-state index contributed by atoms with van der Waals surface area (Å²) in [6, 6.07) is 6.39. The lowest BCUT2D eigenvalue weighted by atomic mass is 10.1. The molecule has 2 aliphatic rings. The summed E-state index contributed by atoms with van der Waals surface area (Å²) < 4.78 is 13.1. The summed E-state index contributed by atoms with van der Waals surface area (Å²) in [6.45, 7) is 0. The molecule has 0 bridgehead atoms. The standard InChI is InChI=1S/C14H14FNO3/c15-8-3-1-2-7(4-8)9-6-12(9)16-13(17)10-5-11(10)14(18)19/h1-4,9-12H,5-6H2,(H,16,17)(H,18,19)/t9-,10-,11+,12+/m0/s1. The van der Waals surface area contributed by atoms with Crippen LogP contribution in [0.25, 0.3) is 0 Å². The predicted octanol–water partition coefficient (Wildman–Crippen LogP) is 1.52. The topological polar surface area (TPSA) is 66.4 Å². The van der Waals surface area contributed by atoms with Gasteiger partial charge in [0, 0.05) is 12.0 Å². The second-order valence-electron chi connectivity index (χ2n) is 5.30. The largest absolute Gasteiger partial charge is 0.481 e. The van der Waals surface area contributed by atoms with Gasteiger partial charge in [-0.15, -0.1) is 0 Å². The summed E-state index contributed by atoms with van der Waals surface area (Å²) in [6.07, 6.45) is 1.22. The van der Waals surface area contributed by atoms with E-state index in [0.717, 1.165) is 12.0 Å². The molecule has 0 aromatic heterocycles. The van der Waals surface area contributed by atoms with Crippen LogP contribution in [0.5, 0.6) is 0 Å². The average Bonchev–Trinajstić information content (AvgIpc) is 3.23. The summed E-state index contributed by atoms with van der Waals surface area (Å²) in [5.74, 6) is -2.11. The van der Waals surface area contributed by atoms with Gasteiger partial charge in [-0.3, -0.25) is 9.59 Å². The third-order valence-corrected chi connectivity index (χ3v) is 3.84. The Morgan fingerprint density at radius 3 is 2.68 bits per heavy atom. The molecule has 0 radical (unpaired) electrons. The van der Waals surface area contributed by atoms with E-state index >= 15 is 0 Å². The number of nitrogens with one attached hydrogen (secondary N) is 1. The highest BCUT2D eigenvalue weighted by Crippen LogP contribution is 2.43. The van der Waals surface area contributed by atoms with E-state index in [2.05, 4.69) is 5.32 Å². The number of benzene rings is 1. The highest BCUT2D eigenvalue weighted by atomic mass is 19.1. The number of carboxylic acid groups (broad SMARTS) is 1. The van der Waals surface area contributed by atoms with Crippen molar-refractivity contribution in [2.45, 2.75) is 24.8 Å². The molecule has 2 N–H and O–H groups in total. The number of aliphatic carboxylic acids is 1. The van der Waals surface area contributed by atoms with Crippen LogP contribution in [0.2, 0.25) is 0 Å². The van der Waals surface area contributed by atoms with Gasteiger partial charge in [0.2, 0.25) is 5.91 Å². The second-order valence-corrected chi connectivity index (χ2v) is 5.30. The molecule has 1 amide bonds. The van der Waals surface area contributed by atoms with Crippen molar-refractivity contribution in [1.29, 1.82) is 0 Å². The highest BCUT2D eigenvalue weighted by Gasteiger charge is 2.50. The number of carbonyl (C=O) groups excluding carboxylic acids is 1. The Kier molecular flexibility index (Phi) is 2.77. The molecule has 2 saturated carbocycles. The fourth-order valence-electron chi connectivity index (χ4n) is 2.51. The molecule has 0 unspecified atom stereocenters. The molecule has 1 aromatic carbocycles. The number of hydrogen-bond acceptors (Lipinski definition) is 2. The lowest BCUT2D eigenvalue weighted by Gasteiger charge is -2.04. The maximum absolute atomic E-state index is 13.1. The second kappa shape index (κ2) is 4.33. The van der Waals surface area contributed by atoms with Crippen molar-refractivity contribution in [2.24, 2.45) is 11.8 Å². The third-order valence-electron chi connectivity index (χ3n) is 3.84. The molecular formula is C14H14FNO3. The first kappa shape index (κ1) is 12.1. The van der Waals surface area contributed by atoms with E-state index in [0.29, 0.717) is 6.42 Å². The van der Waals surface area contributed by atoms with Gasteiger partial charge < -0.3 is 10.4 Å². The molecule has 100 valence electrons. The summed E-state index contributed by atoms with van der Waals surface area (Å²) in [5, 5.41) is 11.6. The highest BCUT2D eigenvalue weighted by molar-refractivity contribution is 5.89. The molecule has 0 saturated heterocycles. The van der Waals surface area contributed by atoms with Gasteiger partial charge in [-0.25, -0.2) is 4.39 Å². The summed E-state index contributed by atoms with van der Waals surface area (Å²) in [7, 11) is 0. The lowest BCUT2D eigenvalue weighted by Crippen LogP contribution is -2.29. The van der Waals surface area contributed by atoms with E-state index in [4.69, 9.17) is 5.11 Å². The van der Waals surface area contributed by atoms with Crippen LogP contribution >= 0.6 is 0 Å². The van der Waals surface area contributed by atoms with E-state index in [-0.39, 0.29) is 29.6 Å². The van der Waals surface area contributed by atoms with Crippen LogP contribution in [0.15, 0.2) is 24.3 Å². The predicted molar refractivity (Wildman–Crippen MR) is 64.9 cm³/mol. The third kappa shape index (κ3) is 2.45. The molecule has 5 heteroatoms. The van der Waals surface area contributed by atoms with Gasteiger partial charge in [0.05, 0.1) is 11.8 Å². The van der Waals surface area contributed by atoms with Gasteiger partial charge in [-0.2, -0.15) is 0 Å². The summed E-state index contributed by atoms with van der Waals surface area (Å²) >= 11 is 0. The van der Waals surface area contributed by atoms with Crippen molar-refractivity contribution < 1.29 is 19.1 Å². The van der Waals surface area contributed by atoms with Crippen molar-refractivity contribution in [3.05, 3.63) is 35.6 Å². The smallest absolute Gasteiger partial charge is 0.307 e. The lowest BCUT2D eigenvalue weighted by molar-refractivity contribution is -0.140. The minimum atomic E-state index is -0.905. The minimum Gasteiger partial charge on any atom is -0.481 e. The molecular weight excluding hydrogens is 249 g/mol. The van der Waals surface area contributed by atoms with Crippen LogP contribution in [0.1, 0.15) is 24.3 Å². The van der Waals surface area contributed by atoms with E-state index in [1.54, 1.807) is 6.07 Å². The Hall–Kier alpha value is -1.91. The normalized spacial score (nSPS) is 31.6. The maximum Gasteiger partial charge on any atom is 0.307 e. The number of halogens is 1. The zero-order valence-electron chi connectivity index (χ0n) is 10.2. The SMILES string of the molecule is O=C(N[C@@H]1C[C@H]1c1cccc(F)c1)[C@H]1C[C@H]1C(=O)O.